The van der Waals surface area contributed by atoms with Crippen LogP contribution in [0.15, 0.2) is 12.2 Å². The van der Waals surface area contributed by atoms with Crippen LogP contribution in [0, 0.1) is 0 Å². The molecule has 0 saturated carbocycles. The maximum absolute atomic E-state index is 10.7. The fourth-order valence-corrected chi connectivity index (χ4v) is 2.37. The Labute approximate surface area is 136 Å². The van der Waals surface area contributed by atoms with Crippen molar-refractivity contribution in [2.24, 2.45) is 0 Å². The summed E-state index contributed by atoms with van der Waals surface area (Å²) in [4.78, 5) is 21.3. The molecule has 23 heavy (non-hydrogen) atoms. The molecule has 132 valence electrons. The van der Waals surface area contributed by atoms with Gasteiger partial charge in [-0.05, 0) is 25.7 Å². The van der Waals surface area contributed by atoms with Gasteiger partial charge >= 0.3 is 11.9 Å². The minimum Gasteiger partial charge on any atom is -0.463 e. The Kier molecular flexibility index (Phi) is 8.83. The molecule has 0 unspecified atom stereocenters. The van der Waals surface area contributed by atoms with Crippen molar-refractivity contribution >= 4 is 11.9 Å². The van der Waals surface area contributed by atoms with E-state index in [9.17, 15) is 19.8 Å². The second kappa shape index (κ2) is 10.4. The maximum atomic E-state index is 10.7. The fourth-order valence-electron chi connectivity index (χ4n) is 2.37. The van der Waals surface area contributed by atoms with Gasteiger partial charge in [0, 0.05) is 13.8 Å². The first kappa shape index (κ1) is 19.6. The molecule has 2 N–H and O–H groups in total. The van der Waals surface area contributed by atoms with Crippen LogP contribution >= 0.6 is 0 Å². The quantitative estimate of drug-likeness (QED) is 0.474. The normalized spacial score (nSPS) is 23.7. The van der Waals surface area contributed by atoms with E-state index in [0.717, 1.165) is 0 Å². The van der Waals surface area contributed by atoms with E-state index in [1.165, 1.54) is 13.8 Å². The SMILES string of the molecule is CC(=O)OC/C=C/CC[C@@H](O)[C@@H]1CC[C@H]([C@H](O)COC(C)=O)O1. The number of rotatable bonds is 9. The van der Waals surface area contributed by atoms with Crippen molar-refractivity contribution in [3.63, 3.8) is 0 Å². The average molecular weight is 330 g/mol. The summed E-state index contributed by atoms with van der Waals surface area (Å²) < 4.78 is 15.1. The van der Waals surface area contributed by atoms with Gasteiger partial charge in [-0.25, -0.2) is 0 Å². The second-order valence-corrected chi connectivity index (χ2v) is 5.58. The van der Waals surface area contributed by atoms with Gasteiger partial charge in [-0.1, -0.05) is 12.2 Å². The molecule has 0 aromatic carbocycles. The zero-order valence-electron chi connectivity index (χ0n) is 13.6. The third-order valence-electron chi connectivity index (χ3n) is 3.58. The topological polar surface area (TPSA) is 102 Å². The summed E-state index contributed by atoms with van der Waals surface area (Å²) >= 11 is 0. The van der Waals surface area contributed by atoms with Crippen LogP contribution in [0.3, 0.4) is 0 Å². The van der Waals surface area contributed by atoms with Crippen LogP contribution in [0.4, 0.5) is 0 Å². The molecule has 0 aromatic heterocycles. The standard InChI is InChI=1S/C16H26O7/c1-11(17)21-9-5-3-4-6-13(19)15-7-8-16(23-15)14(20)10-22-12(2)18/h3,5,13-16,19-20H,4,6-10H2,1-2H3/b5-3+/t13-,14-,15+,16-/m1/s1. The molecule has 1 aliphatic rings. The predicted octanol–water partition coefficient (Wildman–Crippen LogP) is 0.718. The van der Waals surface area contributed by atoms with Crippen LogP contribution < -0.4 is 0 Å². The number of hydrogen-bond donors (Lipinski definition) is 2. The molecular formula is C16H26O7. The van der Waals surface area contributed by atoms with Gasteiger partial charge in [-0.2, -0.15) is 0 Å². The zero-order chi connectivity index (χ0) is 17.2. The van der Waals surface area contributed by atoms with Crippen LogP contribution in [0.1, 0.15) is 39.5 Å². The third kappa shape index (κ3) is 8.11. The first-order valence-corrected chi connectivity index (χ1v) is 7.83. The first-order chi connectivity index (χ1) is 10.9. The molecule has 7 heteroatoms. The molecule has 0 amide bonds. The highest BCUT2D eigenvalue weighted by Crippen LogP contribution is 2.26. The summed E-state index contributed by atoms with van der Waals surface area (Å²) in [6.07, 6.45) is 3.76. The summed E-state index contributed by atoms with van der Waals surface area (Å²) in [6, 6.07) is 0. The number of aliphatic hydroxyl groups excluding tert-OH is 2. The molecule has 1 aliphatic heterocycles. The Morgan fingerprint density at radius 2 is 1.70 bits per heavy atom. The van der Waals surface area contributed by atoms with E-state index < -0.39 is 24.3 Å². The predicted molar refractivity (Wildman–Crippen MR) is 81.5 cm³/mol. The number of esters is 2. The average Bonchev–Trinajstić information content (AvgIpc) is 2.97. The van der Waals surface area contributed by atoms with Crippen molar-refractivity contribution in [3.05, 3.63) is 12.2 Å². The lowest BCUT2D eigenvalue weighted by atomic mass is 10.0. The number of aliphatic hydroxyl groups is 2. The summed E-state index contributed by atoms with van der Waals surface area (Å²) in [6.45, 7) is 2.77. The number of allylic oxidation sites excluding steroid dienone is 1. The summed E-state index contributed by atoms with van der Waals surface area (Å²) in [7, 11) is 0. The van der Waals surface area contributed by atoms with Gasteiger partial charge in [0.25, 0.3) is 0 Å². The Morgan fingerprint density at radius 1 is 1.09 bits per heavy atom. The van der Waals surface area contributed by atoms with Crippen molar-refractivity contribution in [2.75, 3.05) is 13.2 Å². The van der Waals surface area contributed by atoms with Gasteiger partial charge in [0.1, 0.15) is 19.3 Å². The lowest BCUT2D eigenvalue weighted by Crippen LogP contribution is -2.34. The minimum atomic E-state index is -0.875. The van der Waals surface area contributed by atoms with Gasteiger partial charge in [0.15, 0.2) is 0 Å². The number of carbonyl (C=O) groups is 2. The van der Waals surface area contributed by atoms with Crippen LogP contribution in [-0.4, -0.2) is 59.8 Å². The third-order valence-corrected chi connectivity index (χ3v) is 3.58. The van der Waals surface area contributed by atoms with Crippen molar-refractivity contribution in [1.29, 1.82) is 0 Å². The molecule has 7 nitrogen and oxygen atoms in total. The molecule has 0 aromatic rings. The lowest BCUT2D eigenvalue weighted by Gasteiger charge is -2.21. The molecule has 0 spiro atoms. The van der Waals surface area contributed by atoms with E-state index in [1.807, 2.05) is 6.08 Å². The molecule has 1 rings (SSSR count). The van der Waals surface area contributed by atoms with Gasteiger partial charge in [-0.3, -0.25) is 9.59 Å². The number of ether oxygens (including phenoxy) is 3. The highest BCUT2D eigenvalue weighted by molar-refractivity contribution is 5.66. The number of hydrogen-bond acceptors (Lipinski definition) is 7. The van der Waals surface area contributed by atoms with Gasteiger partial charge in [0.05, 0.1) is 18.3 Å². The molecule has 1 fully saturated rings. The second-order valence-electron chi connectivity index (χ2n) is 5.58. The molecule has 1 heterocycles. The van der Waals surface area contributed by atoms with E-state index in [-0.39, 0.29) is 25.3 Å². The Bertz CT molecular complexity index is 407. The number of carbonyl (C=O) groups excluding carboxylic acids is 2. The van der Waals surface area contributed by atoms with Crippen molar-refractivity contribution in [2.45, 2.75) is 63.9 Å². The maximum Gasteiger partial charge on any atom is 0.302 e. The fraction of sp³-hybridized carbons (Fsp3) is 0.750. The van der Waals surface area contributed by atoms with Gasteiger partial charge < -0.3 is 24.4 Å². The Balaban J connectivity index is 2.21. The highest BCUT2D eigenvalue weighted by atomic mass is 16.6. The van der Waals surface area contributed by atoms with Gasteiger partial charge in [-0.15, -0.1) is 0 Å². The van der Waals surface area contributed by atoms with E-state index >= 15 is 0 Å². The Morgan fingerprint density at radius 3 is 2.30 bits per heavy atom. The minimum absolute atomic E-state index is 0.0955. The largest absolute Gasteiger partial charge is 0.463 e. The molecule has 1 saturated heterocycles. The van der Waals surface area contributed by atoms with E-state index in [4.69, 9.17) is 14.2 Å². The van der Waals surface area contributed by atoms with E-state index in [0.29, 0.717) is 25.7 Å². The van der Waals surface area contributed by atoms with Crippen LogP contribution in [0.2, 0.25) is 0 Å². The van der Waals surface area contributed by atoms with Crippen molar-refractivity contribution in [1.82, 2.24) is 0 Å². The monoisotopic (exact) mass is 330 g/mol. The summed E-state index contributed by atoms with van der Waals surface area (Å²) in [5.41, 5.74) is 0. The van der Waals surface area contributed by atoms with Crippen molar-refractivity contribution in [3.8, 4) is 0 Å². The molecule has 0 aliphatic carbocycles. The zero-order valence-corrected chi connectivity index (χ0v) is 13.6. The highest BCUT2D eigenvalue weighted by Gasteiger charge is 2.34. The smallest absolute Gasteiger partial charge is 0.302 e. The summed E-state index contributed by atoms with van der Waals surface area (Å²) in [5, 5.41) is 20.0. The molecular weight excluding hydrogens is 304 g/mol. The first-order valence-electron chi connectivity index (χ1n) is 7.83. The lowest BCUT2D eigenvalue weighted by molar-refractivity contribution is -0.148. The van der Waals surface area contributed by atoms with E-state index in [1.54, 1.807) is 6.08 Å². The van der Waals surface area contributed by atoms with E-state index in [2.05, 4.69) is 0 Å². The van der Waals surface area contributed by atoms with Crippen LogP contribution in [-0.2, 0) is 23.8 Å². The molecule has 0 bridgehead atoms. The van der Waals surface area contributed by atoms with Crippen LogP contribution in [0.5, 0.6) is 0 Å². The van der Waals surface area contributed by atoms with Crippen molar-refractivity contribution < 1.29 is 34.0 Å². The van der Waals surface area contributed by atoms with Crippen LogP contribution in [0.25, 0.3) is 0 Å². The molecule has 4 atom stereocenters. The summed E-state index contributed by atoms with van der Waals surface area (Å²) in [5.74, 6) is -0.772. The Hall–Kier alpha value is -1.44. The van der Waals surface area contributed by atoms with Gasteiger partial charge in [0.2, 0.25) is 0 Å². The molecule has 0 radical (unpaired) electrons.